The number of carbonyl (C=O) groups is 3. The molecule has 0 aromatic carbocycles. The van der Waals surface area contributed by atoms with Crippen molar-refractivity contribution in [3.63, 3.8) is 0 Å². The standard InChI is InChI=1S/C73H126O6/c1-4-7-10-13-16-19-22-25-27-28-29-30-31-32-33-34-35-36-37-38-39-40-41-42-43-44-45-46-47-49-51-54-57-60-63-66-72(75)78-69-70(68-77-71(74)65-62-59-56-53-50-24-21-18-15-12-9-6-3)79-73(76)67-64-61-58-55-52-48-26-23-20-17-14-11-8-5-2/h7,10,16,19,23,25-27,29-30,32-33,35-36,38-39,70H,4-6,8-9,11-15,17-18,20-22,24,28,31,34,37,40-69H2,1-3H3/b10-7-,19-16-,26-23-,27-25-,30-29-,33-32-,36-35-,39-38-. The van der Waals surface area contributed by atoms with E-state index in [-0.39, 0.29) is 31.1 Å². The normalized spacial score (nSPS) is 12.7. The average Bonchev–Trinajstić information content (AvgIpc) is 3.45. The molecule has 0 bridgehead atoms. The molecule has 0 aromatic heterocycles. The molecule has 0 saturated heterocycles. The molecule has 0 saturated carbocycles. The Labute approximate surface area is 489 Å². The summed E-state index contributed by atoms with van der Waals surface area (Å²) < 4.78 is 16.9. The summed E-state index contributed by atoms with van der Waals surface area (Å²) in [5, 5.41) is 0. The van der Waals surface area contributed by atoms with E-state index < -0.39 is 6.10 Å². The van der Waals surface area contributed by atoms with Gasteiger partial charge in [0.2, 0.25) is 0 Å². The highest BCUT2D eigenvalue weighted by Crippen LogP contribution is 2.17. The van der Waals surface area contributed by atoms with Crippen LogP contribution in [0.1, 0.15) is 329 Å². The van der Waals surface area contributed by atoms with E-state index in [0.717, 1.165) is 116 Å². The van der Waals surface area contributed by atoms with Gasteiger partial charge >= 0.3 is 17.9 Å². The molecule has 0 N–H and O–H groups in total. The number of unbranched alkanes of at least 4 members (excludes halogenated alkanes) is 34. The molecule has 79 heavy (non-hydrogen) atoms. The van der Waals surface area contributed by atoms with E-state index >= 15 is 0 Å². The Morgan fingerprint density at radius 3 is 0.785 bits per heavy atom. The summed E-state index contributed by atoms with van der Waals surface area (Å²) in [5.41, 5.74) is 0. The Balaban J connectivity index is 4.14. The molecule has 0 heterocycles. The Morgan fingerprint density at radius 2 is 0.494 bits per heavy atom. The van der Waals surface area contributed by atoms with E-state index in [2.05, 4.69) is 118 Å². The number of rotatable bonds is 61. The number of hydrogen-bond acceptors (Lipinski definition) is 6. The van der Waals surface area contributed by atoms with E-state index in [1.54, 1.807) is 0 Å². The van der Waals surface area contributed by atoms with Crippen molar-refractivity contribution in [2.24, 2.45) is 0 Å². The summed E-state index contributed by atoms with van der Waals surface area (Å²) in [6.45, 7) is 6.53. The molecule has 0 aliphatic rings. The summed E-state index contributed by atoms with van der Waals surface area (Å²) in [4.78, 5) is 38.2. The van der Waals surface area contributed by atoms with Crippen LogP contribution in [0.5, 0.6) is 0 Å². The minimum absolute atomic E-state index is 0.0759. The fourth-order valence-electron chi connectivity index (χ4n) is 9.54. The van der Waals surface area contributed by atoms with Crippen LogP contribution < -0.4 is 0 Å². The van der Waals surface area contributed by atoms with E-state index in [4.69, 9.17) is 14.2 Å². The maximum absolute atomic E-state index is 12.9. The van der Waals surface area contributed by atoms with Gasteiger partial charge in [-0.1, -0.05) is 304 Å². The van der Waals surface area contributed by atoms with Gasteiger partial charge in [0.25, 0.3) is 0 Å². The molecule has 0 aliphatic carbocycles. The van der Waals surface area contributed by atoms with E-state index in [0.29, 0.717) is 19.3 Å². The van der Waals surface area contributed by atoms with Crippen LogP contribution in [0.2, 0.25) is 0 Å². The second-order valence-corrected chi connectivity index (χ2v) is 22.4. The van der Waals surface area contributed by atoms with Gasteiger partial charge in [-0.15, -0.1) is 0 Å². The molecule has 6 heteroatoms. The van der Waals surface area contributed by atoms with Gasteiger partial charge in [-0.2, -0.15) is 0 Å². The topological polar surface area (TPSA) is 78.9 Å². The predicted octanol–water partition coefficient (Wildman–Crippen LogP) is 23.2. The zero-order chi connectivity index (χ0) is 57.1. The van der Waals surface area contributed by atoms with Crippen molar-refractivity contribution < 1.29 is 28.6 Å². The Morgan fingerprint density at radius 1 is 0.266 bits per heavy atom. The van der Waals surface area contributed by atoms with Gasteiger partial charge in [-0.25, -0.2) is 0 Å². The van der Waals surface area contributed by atoms with Crippen molar-refractivity contribution in [3.8, 4) is 0 Å². The maximum Gasteiger partial charge on any atom is 0.306 e. The van der Waals surface area contributed by atoms with Crippen LogP contribution in [0.4, 0.5) is 0 Å². The Hall–Kier alpha value is -3.67. The minimum atomic E-state index is -0.779. The van der Waals surface area contributed by atoms with Crippen molar-refractivity contribution in [3.05, 3.63) is 97.2 Å². The van der Waals surface area contributed by atoms with Gasteiger partial charge in [0.05, 0.1) is 0 Å². The van der Waals surface area contributed by atoms with E-state index in [1.165, 1.54) is 173 Å². The third-order valence-corrected chi connectivity index (χ3v) is 14.6. The molecular weight excluding hydrogens is 973 g/mol. The molecule has 0 rings (SSSR count). The molecule has 454 valence electrons. The van der Waals surface area contributed by atoms with E-state index in [1.807, 2.05) is 0 Å². The number of allylic oxidation sites excluding steroid dienone is 16. The van der Waals surface area contributed by atoms with Crippen molar-refractivity contribution in [2.45, 2.75) is 335 Å². The van der Waals surface area contributed by atoms with Crippen LogP contribution in [0, 0.1) is 0 Å². The van der Waals surface area contributed by atoms with Gasteiger partial charge in [0.15, 0.2) is 6.10 Å². The fraction of sp³-hybridized carbons (Fsp3) is 0.740. The maximum atomic E-state index is 12.9. The molecule has 6 nitrogen and oxygen atoms in total. The third-order valence-electron chi connectivity index (χ3n) is 14.6. The van der Waals surface area contributed by atoms with Gasteiger partial charge < -0.3 is 14.2 Å². The largest absolute Gasteiger partial charge is 0.462 e. The van der Waals surface area contributed by atoms with Gasteiger partial charge in [-0.3, -0.25) is 14.4 Å². The molecular formula is C73H126O6. The van der Waals surface area contributed by atoms with Crippen molar-refractivity contribution >= 4 is 17.9 Å². The number of esters is 3. The first-order valence-electron chi connectivity index (χ1n) is 33.7. The quantitative estimate of drug-likeness (QED) is 0.0261. The predicted molar refractivity (Wildman–Crippen MR) is 344 cm³/mol. The zero-order valence-electron chi connectivity index (χ0n) is 52.1. The zero-order valence-corrected chi connectivity index (χ0v) is 52.1. The molecule has 1 unspecified atom stereocenters. The molecule has 0 fully saturated rings. The minimum Gasteiger partial charge on any atom is -0.462 e. The molecule has 0 aliphatic heterocycles. The Kier molecular flexibility index (Phi) is 63.7. The van der Waals surface area contributed by atoms with Crippen LogP contribution in [0.15, 0.2) is 97.2 Å². The van der Waals surface area contributed by atoms with Crippen LogP contribution >= 0.6 is 0 Å². The lowest BCUT2D eigenvalue weighted by atomic mass is 10.0. The molecule has 0 radical (unpaired) electrons. The van der Waals surface area contributed by atoms with Crippen LogP contribution in [0.3, 0.4) is 0 Å². The van der Waals surface area contributed by atoms with Crippen molar-refractivity contribution in [1.29, 1.82) is 0 Å². The van der Waals surface area contributed by atoms with Gasteiger partial charge in [0, 0.05) is 19.3 Å². The molecule has 0 spiro atoms. The smallest absolute Gasteiger partial charge is 0.306 e. The summed E-state index contributed by atoms with van der Waals surface area (Å²) in [5.74, 6) is -0.873. The van der Waals surface area contributed by atoms with Crippen LogP contribution in [0.25, 0.3) is 0 Å². The highest BCUT2D eigenvalue weighted by molar-refractivity contribution is 5.71. The summed E-state index contributed by atoms with van der Waals surface area (Å²) in [6, 6.07) is 0. The van der Waals surface area contributed by atoms with Crippen molar-refractivity contribution in [2.75, 3.05) is 13.2 Å². The summed E-state index contributed by atoms with van der Waals surface area (Å²) in [7, 11) is 0. The average molecular weight is 1100 g/mol. The summed E-state index contributed by atoms with van der Waals surface area (Å²) in [6.07, 6.45) is 90.0. The number of carbonyl (C=O) groups excluding carboxylic acids is 3. The second-order valence-electron chi connectivity index (χ2n) is 22.4. The fourth-order valence-corrected chi connectivity index (χ4v) is 9.54. The van der Waals surface area contributed by atoms with Crippen LogP contribution in [-0.4, -0.2) is 37.2 Å². The molecule has 0 amide bonds. The highest BCUT2D eigenvalue weighted by atomic mass is 16.6. The lowest BCUT2D eigenvalue weighted by molar-refractivity contribution is -0.167. The highest BCUT2D eigenvalue weighted by Gasteiger charge is 2.19. The number of ether oxygens (including phenoxy) is 3. The monoisotopic (exact) mass is 1100 g/mol. The second kappa shape index (κ2) is 66.8. The SMILES string of the molecule is CC/C=C\C/C=C\C/C=C\C/C=C\C/C=C\C/C=C\C/C=C\CCCCCCCCCCCCCCCC(=O)OCC(COC(=O)CCCCCCCCCCCCCC)OC(=O)CCCCCCC/C=C\CCCCCCC. The summed E-state index contributed by atoms with van der Waals surface area (Å²) >= 11 is 0. The van der Waals surface area contributed by atoms with E-state index in [9.17, 15) is 14.4 Å². The molecule has 1 atom stereocenters. The van der Waals surface area contributed by atoms with Gasteiger partial charge in [0.1, 0.15) is 13.2 Å². The van der Waals surface area contributed by atoms with Crippen LogP contribution in [-0.2, 0) is 28.6 Å². The molecule has 0 aromatic rings. The van der Waals surface area contributed by atoms with Gasteiger partial charge in [-0.05, 0) is 103 Å². The Bertz CT molecular complexity index is 1540. The lowest BCUT2D eigenvalue weighted by Crippen LogP contribution is -2.30. The first kappa shape index (κ1) is 75.3. The third kappa shape index (κ3) is 65.0. The van der Waals surface area contributed by atoms with Crippen molar-refractivity contribution in [1.82, 2.24) is 0 Å². The number of hydrogen-bond donors (Lipinski definition) is 0. The first-order valence-corrected chi connectivity index (χ1v) is 33.7. The first-order chi connectivity index (χ1) is 39.0. The lowest BCUT2D eigenvalue weighted by Gasteiger charge is -2.18.